The number of carbonyl (C=O) groups is 2. The van der Waals surface area contributed by atoms with E-state index in [2.05, 4.69) is 0 Å². The fourth-order valence-corrected chi connectivity index (χ4v) is 3.65. The molecule has 0 bridgehead atoms. The van der Waals surface area contributed by atoms with Crippen LogP contribution in [0.25, 0.3) is 0 Å². The van der Waals surface area contributed by atoms with Crippen LogP contribution in [0.1, 0.15) is 33.3 Å². The molecule has 1 saturated heterocycles. The van der Waals surface area contributed by atoms with Gasteiger partial charge in [-0.1, -0.05) is 0 Å². The van der Waals surface area contributed by atoms with Gasteiger partial charge in [0, 0.05) is 17.8 Å². The second-order valence-corrected chi connectivity index (χ2v) is 7.08. The summed E-state index contributed by atoms with van der Waals surface area (Å²) in [6.45, 7) is 2.12. The zero-order valence-corrected chi connectivity index (χ0v) is 15.4. The molecule has 2 atom stereocenters. The van der Waals surface area contributed by atoms with E-state index < -0.39 is 40.9 Å². The highest BCUT2D eigenvalue weighted by Crippen LogP contribution is 2.29. The number of pyridine rings is 1. The maximum Gasteiger partial charge on any atom is 0.348 e. The highest BCUT2D eigenvalue weighted by molar-refractivity contribution is 5.97. The predicted molar refractivity (Wildman–Crippen MR) is 94.1 cm³/mol. The Morgan fingerprint density at radius 1 is 1.34 bits per heavy atom. The third kappa shape index (κ3) is 3.19. The van der Waals surface area contributed by atoms with Gasteiger partial charge in [-0.15, -0.1) is 0 Å². The average molecular weight is 406 g/mol. The zero-order valence-electron chi connectivity index (χ0n) is 15.4. The molecule has 152 valence electrons. The molecule has 1 aromatic carbocycles. The van der Waals surface area contributed by atoms with Crippen molar-refractivity contribution < 1.29 is 33.5 Å². The summed E-state index contributed by atoms with van der Waals surface area (Å²) in [6, 6.07) is 2.78. The van der Waals surface area contributed by atoms with Gasteiger partial charge < -0.3 is 19.3 Å². The van der Waals surface area contributed by atoms with E-state index >= 15 is 0 Å². The van der Waals surface area contributed by atoms with Gasteiger partial charge in [0.25, 0.3) is 5.91 Å². The molecule has 0 aliphatic carbocycles. The number of primary amides is 1. The Morgan fingerprint density at radius 2 is 2.10 bits per heavy atom. The molecule has 10 heteroatoms. The van der Waals surface area contributed by atoms with Crippen molar-refractivity contribution in [3.05, 3.63) is 63.1 Å². The molecular weight excluding hydrogens is 388 g/mol. The van der Waals surface area contributed by atoms with Crippen molar-refractivity contribution in [2.45, 2.75) is 32.3 Å². The molecule has 0 unspecified atom stereocenters. The van der Waals surface area contributed by atoms with Crippen molar-refractivity contribution in [3.8, 4) is 5.75 Å². The normalized spacial score (nSPS) is 20.5. The van der Waals surface area contributed by atoms with Gasteiger partial charge in [0.15, 0.2) is 17.7 Å². The molecule has 8 nitrogen and oxygen atoms in total. The average Bonchev–Trinajstić information content (AvgIpc) is 3.04. The summed E-state index contributed by atoms with van der Waals surface area (Å²) in [5, 5.41) is 11.4. The summed E-state index contributed by atoms with van der Waals surface area (Å²) in [4.78, 5) is 39.2. The number of nitrogens with zero attached hydrogens (tertiary/aromatic N) is 2. The Hall–Kier alpha value is -3.11. The second kappa shape index (κ2) is 7.05. The van der Waals surface area contributed by atoms with Crippen LogP contribution in [0.5, 0.6) is 5.75 Å². The topological polar surface area (TPSA) is 105 Å². The van der Waals surface area contributed by atoms with Crippen LogP contribution in [0.15, 0.2) is 29.2 Å². The van der Waals surface area contributed by atoms with E-state index in [9.17, 15) is 28.3 Å². The van der Waals surface area contributed by atoms with E-state index in [1.165, 1.54) is 21.7 Å². The number of quaternary nitrogens is 1. The van der Waals surface area contributed by atoms with Gasteiger partial charge in [0.1, 0.15) is 23.7 Å². The Morgan fingerprint density at radius 3 is 2.83 bits per heavy atom. The second-order valence-electron chi connectivity index (χ2n) is 7.08. The van der Waals surface area contributed by atoms with E-state index in [0.717, 1.165) is 11.4 Å². The summed E-state index contributed by atoms with van der Waals surface area (Å²) < 4.78 is 33.6. The molecule has 2 aliphatic heterocycles. The van der Waals surface area contributed by atoms with E-state index in [-0.39, 0.29) is 36.0 Å². The Kier molecular flexibility index (Phi) is 4.67. The molecule has 2 aliphatic rings. The molecule has 2 aromatic rings. The number of carbonyl (C=O) groups excluding carboxylic acids is 2. The molecule has 29 heavy (non-hydrogen) atoms. The van der Waals surface area contributed by atoms with Crippen LogP contribution in [-0.4, -0.2) is 45.3 Å². The van der Waals surface area contributed by atoms with Crippen molar-refractivity contribution >= 4 is 11.8 Å². The lowest BCUT2D eigenvalue weighted by Gasteiger charge is -2.33. The van der Waals surface area contributed by atoms with E-state index in [1.807, 2.05) is 0 Å². The molecule has 0 saturated carbocycles. The number of ether oxygens (including phenoxy) is 1. The standard InChI is InChI=1S/C19H17F2N3O5/c1-9-8-29-14-7-23-6-12(16(25)17(26)15(23)19(28)24(9)14)18(27)22-5-10-2-3-11(20)4-13(10)21/h2-4,6,9,14,26H,5,7-8H2,1H3,(H,22,27)/p+1/t9-,14+/m0/s1. The lowest BCUT2D eigenvalue weighted by molar-refractivity contribution is -0.572. The smallest absolute Gasteiger partial charge is 0.348 e. The van der Waals surface area contributed by atoms with Gasteiger partial charge in [0.05, 0.1) is 19.2 Å². The first-order valence-electron chi connectivity index (χ1n) is 9.00. The third-order valence-corrected chi connectivity index (χ3v) is 5.15. The van der Waals surface area contributed by atoms with Crippen LogP contribution < -0.4 is 10.7 Å². The van der Waals surface area contributed by atoms with Crippen molar-refractivity contribution in [3.63, 3.8) is 0 Å². The van der Waals surface area contributed by atoms with E-state index in [1.54, 1.807) is 6.92 Å². The van der Waals surface area contributed by atoms with Crippen molar-refractivity contribution in [1.29, 1.82) is 0 Å². The number of benzene rings is 1. The quantitative estimate of drug-likeness (QED) is 0.743. The molecule has 4 rings (SSSR count). The lowest BCUT2D eigenvalue weighted by Crippen LogP contribution is -2.87. The molecule has 2 amide bonds. The summed E-state index contributed by atoms with van der Waals surface area (Å²) in [6.07, 6.45) is 0.658. The third-order valence-electron chi connectivity index (χ3n) is 5.15. The lowest BCUT2D eigenvalue weighted by atomic mass is 10.1. The minimum Gasteiger partial charge on any atom is -0.503 e. The zero-order chi connectivity index (χ0) is 20.9. The fourth-order valence-electron chi connectivity index (χ4n) is 3.65. The van der Waals surface area contributed by atoms with E-state index in [0.29, 0.717) is 12.7 Å². The maximum atomic E-state index is 13.7. The number of aromatic hydroxyl groups is 1. The first kappa shape index (κ1) is 19.2. The number of rotatable bonds is 3. The maximum absolute atomic E-state index is 13.7. The Labute approximate surface area is 163 Å². The predicted octanol–water partition coefficient (Wildman–Crippen LogP) is -0.0635. The van der Waals surface area contributed by atoms with Gasteiger partial charge in [-0.3, -0.25) is 14.9 Å². The minimum absolute atomic E-state index is 0.0844. The summed E-state index contributed by atoms with van der Waals surface area (Å²) in [5.74, 6) is -3.63. The number of aromatic nitrogens is 1. The number of hydrogen-bond donors (Lipinski definition) is 2. The van der Waals surface area contributed by atoms with Gasteiger partial charge in [-0.05, 0) is 19.1 Å². The number of nitrogens with two attached hydrogens (primary N) is 1. The first-order valence-corrected chi connectivity index (χ1v) is 9.00. The van der Waals surface area contributed by atoms with Crippen molar-refractivity contribution in [2.24, 2.45) is 0 Å². The molecule has 1 fully saturated rings. The number of amides is 2. The number of fused-ring (bicyclic) bond motifs is 2. The van der Waals surface area contributed by atoms with Crippen LogP contribution in [0.2, 0.25) is 0 Å². The highest BCUT2D eigenvalue weighted by Gasteiger charge is 2.43. The molecule has 1 aromatic heterocycles. The number of halogens is 2. The first-order chi connectivity index (χ1) is 13.8. The summed E-state index contributed by atoms with van der Waals surface area (Å²) in [7, 11) is 0. The molecular formula is C19H18F2N3O5+. The van der Waals surface area contributed by atoms with Crippen molar-refractivity contribution in [1.82, 2.24) is 9.47 Å². The van der Waals surface area contributed by atoms with Crippen LogP contribution >= 0.6 is 0 Å². The molecule has 3 heterocycles. The van der Waals surface area contributed by atoms with Crippen LogP contribution in [-0.2, 0) is 17.8 Å². The molecule has 0 spiro atoms. The van der Waals surface area contributed by atoms with Crippen molar-refractivity contribution in [2.75, 3.05) is 6.61 Å². The van der Waals surface area contributed by atoms with Crippen LogP contribution in [0.4, 0.5) is 8.78 Å². The highest BCUT2D eigenvalue weighted by atomic mass is 19.1. The van der Waals surface area contributed by atoms with Gasteiger partial charge in [0.2, 0.25) is 5.43 Å². The monoisotopic (exact) mass is 406 g/mol. The molecule has 3 N–H and O–H groups in total. The Bertz CT molecular complexity index is 1080. The largest absolute Gasteiger partial charge is 0.503 e. The summed E-state index contributed by atoms with van der Waals surface area (Å²) in [5.41, 5.74) is -1.43. The van der Waals surface area contributed by atoms with Gasteiger partial charge in [-0.25, -0.2) is 13.6 Å². The fraction of sp³-hybridized carbons (Fsp3) is 0.316. The Balaban J connectivity index is 1.62. The molecule has 0 radical (unpaired) electrons. The minimum atomic E-state index is -0.975. The SMILES string of the molecule is C[C@H]1CO[C@@H]2Cn3cc(C(=O)[NH2+]Cc4ccc(F)cc4F)c(=O)c(O)c3C(=O)N12. The summed E-state index contributed by atoms with van der Waals surface area (Å²) >= 11 is 0. The van der Waals surface area contributed by atoms with Gasteiger partial charge >= 0.3 is 5.91 Å². The van der Waals surface area contributed by atoms with Crippen LogP contribution in [0.3, 0.4) is 0 Å². The van der Waals surface area contributed by atoms with E-state index in [4.69, 9.17) is 4.74 Å². The van der Waals surface area contributed by atoms with Crippen LogP contribution in [0, 0.1) is 11.6 Å². The van der Waals surface area contributed by atoms with Gasteiger partial charge in [-0.2, -0.15) is 0 Å². The number of hydrogen-bond acceptors (Lipinski definition) is 5.